The summed E-state index contributed by atoms with van der Waals surface area (Å²) in [5, 5.41) is 7.71. The zero-order valence-electron chi connectivity index (χ0n) is 21.2. The fourth-order valence-corrected chi connectivity index (χ4v) is 5.07. The van der Waals surface area contributed by atoms with Crippen LogP contribution >= 0.6 is 22.6 Å². The highest BCUT2D eigenvalue weighted by Gasteiger charge is 2.35. The smallest absolute Gasteiger partial charge is 0.329 e. The first-order chi connectivity index (χ1) is 18.9. The number of para-hydroxylation sites is 1. The average molecular weight is 631 g/mol. The lowest BCUT2D eigenvalue weighted by Crippen LogP contribution is -2.38. The summed E-state index contributed by atoms with van der Waals surface area (Å²) in [6, 6.07) is 26.8. The summed E-state index contributed by atoms with van der Waals surface area (Å²) in [6.07, 6.45) is 2.35. The Morgan fingerprint density at radius 2 is 1.74 bits per heavy atom. The van der Waals surface area contributed by atoms with Gasteiger partial charge in [0, 0.05) is 5.69 Å². The molecule has 2 N–H and O–H groups in total. The van der Waals surface area contributed by atoms with Crippen molar-refractivity contribution in [1.29, 1.82) is 0 Å². The van der Waals surface area contributed by atoms with Crippen LogP contribution in [0.2, 0.25) is 0 Å². The van der Waals surface area contributed by atoms with Crippen LogP contribution < -0.4 is 15.4 Å². The Bertz CT molecular complexity index is 1610. The third-order valence-electron chi connectivity index (χ3n) is 6.41. The topological polar surface area (TPSA) is 87.7 Å². The third kappa shape index (κ3) is 6.12. The van der Waals surface area contributed by atoms with Crippen molar-refractivity contribution in [2.24, 2.45) is 0 Å². The van der Waals surface area contributed by atoms with Crippen molar-refractivity contribution < 1.29 is 19.1 Å². The van der Waals surface area contributed by atoms with Crippen molar-refractivity contribution in [3.63, 3.8) is 0 Å². The second-order valence-electron chi connectivity index (χ2n) is 9.10. The normalized spacial score (nSPS) is 14.1. The highest BCUT2D eigenvalue weighted by Crippen LogP contribution is 2.26. The molecule has 4 aromatic rings. The molecule has 0 saturated carbocycles. The summed E-state index contributed by atoms with van der Waals surface area (Å²) in [5.41, 5.74) is 3.55. The Morgan fingerprint density at radius 3 is 2.54 bits per heavy atom. The van der Waals surface area contributed by atoms with Crippen LogP contribution in [0.4, 0.5) is 10.5 Å². The van der Waals surface area contributed by atoms with Crippen molar-refractivity contribution in [3.05, 3.63) is 111 Å². The van der Waals surface area contributed by atoms with Gasteiger partial charge in [-0.3, -0.25) is 9.59 Å². The van der Waals surface area contributed by atoms with E-state index in [1.54, 1.807) is 12.1 Å². The van der Waals surface area contributed by atoms with Crippen LogP contribution in [0.15, 0.2) is 90.6 Å². The highest BCUT2D eigenvalue weighted by molar-refractivity contribution is 14.1. The standard InChI is InChI=1S/C31H26IN3O4/c1-2-22-7-5-6-10-26(22)33-29(36)18-35-30(37)27(34-31(35)38)17-20-12-14-28(25(32)16-20)39-19-21-11-13-23-8-3-4-9-24(23)15-21/h3-17H,2,18-19H2,1H3,(H,33,36)(H,34,38)/b27-17+. The first-order valence-electron chi connectivity index (χ1n) is 12.5. The number of hydrogen-bond acceptors (Lipinski definition) is 4. The molecule has 0 unspecified atom stereocenters. The predicted molar refractivity (Wildman–Crippen MR) is 160 cm³/mol. The Labute approximate surface area is 240 Å². The van der Waals surface area contributed by atoms with Crippen LogP contribution in [0.3, 0.4) is 0 Å². The number of carbonyl (C=O) groups is 3. The van der Waals surface area contributed by atoms with E-state index in [1.807, 2.05) is 55.5 Å². The zero-order valence-corrected chi connectivity index (χ0v) is 23.4. The predicted octanol–water partition coefficient (Wildman–Crippen LogP) is 6.12. The van der Waals surface area contributed by atoms with Gasteiger partial charge in [-0.2, -0.15) is 0 Å². The lowest BCUT2D eigenvalue weighted by Gasteiger charge is -2.13. The minimum atomic E-state index is -0.629. The first-order valence-corrected chi connectivity index (χ1v) is 13.6. The lowest BCUT2D eigenvalue weighted by molar-refractivity contribution is -0.127. The van der Waals surface area contributed by atoms with Gasteiger partial charge in [0.1, 0.15) is 24.6 Å². The van der Waals surface area contributed by atoms with E-state index in [0.717, 1.165) is 42.7 Å². The van der Waals surface area contributed by atoms with Crippen LogP contribution in [0.5, 0.6) is 5.75 Å². The van der Waals surface area contributed by atoms with Gasteiger partial charge in [-0.1, -0.05) is 67.6 Å². The number of ether oxygens (including phenoxy) is 1. The maximum Gasteiger partial charge on any atom is 0.329 e. The van der Waals surface area contributed by atoms with Gasteiger partial charge in [-0.15, -0.1) is 0 Å². The summed E-state index contributed by atoms with van der Waals surface area (Å²) in [7, 11) is 0. The number of nitrogens with one attached hydrogen (secondary N) is 2. The molecule has 1 aliphatic rings. The number of rotatable bonds is 8. The molecule has 1 fully saturated rings. The number of aryl methyl sites for hydroxylation is 1. The third-order valence-corrected chi connectivity index (χ3v) is 7.25. The van der Waals surface area contributed by atoms with E-state index in [0.29, 0.717) is 12.3 Å². The zero-order chi connectivity index (χ0) is 27.4. The van der Waals surface area contributed by atoms with Crippen molar-refractivity contribution in [3.8, 4) is 5.75 Å². The van der Waals surface area contributed by atoms with Gasteiger partial charge in [0.15, 0.2) is 0 Å². The maximum atomic E-state index is 12.9. The fourth-order valence-electron chi connectivity index (χ4n) is 4.38. The molecule has 4 amide bonds. The van der Waals surface area contributed by atoms with E-state index in [4.69, 9.17) is 4.74 Å². The minimum absolute atomic E-state index is 0.113. The van der Waals surface area contributed by atoms with Crippen LogP contribution in [0.25, 0.3) is 16.8 Å². The quantitative estimate of drug-likeness (QED) is 0.140. The Kier molecular flexibility index (Phi) is 7.92. The number of fused-ring (bicyclic) bond motifs is 1. The summed E-state index contributed by atoms with van der Waals surface area (Å²) in [4.78, 5) is 38.9. The molecule has 8 heteroatoms. The van der Waals surface area contributed by atoms with Gasteiger partial charge >= 0.3 is 6.03 Å². The Morgan fingerprint density at radius 1 is 0.974 bits per heavy atom. The summed E-state index contributed by atoms with van der Waals surface area (Å²) in [5.74, 6) is -0.271. The average Bonchev–Trinajstić information content (AvgIpc) is 3.20. The van der Waals surface area contributed by atoms with Crippen LogP contribution in [0, 0.1) is 3.57 Å². The molecule has 4 aromatic carbocycles. The first kappa shape index (κ1) is 26.4. The molecule has 1 saturated heterocycles. The molecule has 0 atom stereocenters. The van der Waals surface area contributed by atoms with Crippen molar-refractivity contribution in [1.82, 2.24) is 10.2 Å². The van der Waals surface area contributed by atoms with E-state index in [-0.39, 0.29) is 12.2 Å². The van der Waals surface area contributed by atoms with Gasteiger partial charge in [0.25, 0.3) is 5.91 Å². The number of amides is 4. The number of nitrogens with zero attached hydrogens (tertiary/aromatic N) is 1. The van der Waals surface area contributed by atoms with Gasteiger partial charge in [-0.05, 0) is 86.8 Å². The molecule has 0 aromatic heterocycles. The number of halogens is 1. The molecule has 0 aliphatic carbocycles. The van der Waals surface area contributed by atoms with Gasteiger partial charge in [-0.25, -0.2) is 9.69 Å². The molecule has 1 aliphatic heterocycles. The molecular formula is C31H26IN3O4. The van der Waals surface area contributed by atoms with Crippen molar-refractivity contribution in [2.75, 3.05) is 11.9 Å². The van der Waals surface area contributed by atoms with Crippen LogP contribution in [0.1, 0.15) is 23.6 Å². The summed E-state index contributed by atoms with van der Waals surface area (Å²) < 4.78 is 6.91. The van der Waals surface area contributed by atoms with Crippen molar-refractivity contribution in [2.45, 2.75) is 20.0 Å². The SMILES string of the molecule is CCc1ccccc1NC(=O)CN1C(=O)N/C(=C/c2ccc(OCc3ccc4ccccc4c3)c(I)c2)C1=O. The minimum Gasteiger partial charge on any atom is -0.488 e. The molecular weight excluding hydrogens is 605 g/mol. The summed E-state index contributed by atoms with van der Waals surface area (Å²) >= 11 is 2.19. The number of carbonyl (C=O) groups excluding carboxylic acids is 3. The van der Waals surface area contributed by atoms with E-state index in [9.17, 15) is 14.4 Å². The van der Waals surface area contributed by atoms with Crippen molar-refractivity contribution >= 4 is 63.0 Å². The Hall–Kier alpha value is -4.18. The van der Waals surface area contributed by atoms with E-state index < -0.39 is 17.8 Å². The van der Waals surface area contributed by atoms with Gasteiger partial charge in [0.05, 0.1) is 3.57 Å². The molecule has 0 spiro atoms. The fraction of sp³-hybridized carbons (Fsp3) is 0.129. The number of urea groups is 1. The highest BCUT2D eigenvalue weighted by atomic mass is 127. The summed E-state index contributed by atoms with van der Waals surface area (Å²) in [6.45, 7) is 2.04. The molecule has 7 nitrogen and oxygen atoms in total. The molecule has 196 valence electrons. The van der Waals surface area contributed by atoms with Gasteiger partial charge < -0.3 is 15.4 Å². The maximum absolute atomic E-state index is 12.9. The largest absolute Gasteiger partial charge is 0.488 e. The second-order valence-corrected chi connectivity index (χ2v) is 10.3. The number of hydrogen-bond donors (Lipinski definition) is 2. The molecule has 5 rings (SSSR count). The molecule has 0 bridgehead atoms. The van der Waals surface area contributed by atoms with E-state index >= 15 is 0 Å². The molecule has 39 heavy (non-hydrogen) atoms. The number of benzene rings is 4. The van der Waals surface area contributed by atoms with Crippen LogP contribution in [-0.2, 0) is 22.6 Å². The van der Waals surface area contributed by atoms with E-state index in [2.05, 4.69) is 63.6 Å². The van der Waals surface area contributed by atoms with Gasteiger partial charge in [0.2, 0.25) is 5.91 Å². The lowest BCUT2D eigenvalue weighted by atomic mass is 10.1. The van der Waals surface area contributed by atoms with E-state index in [1.165, 1.54) is 5.39 Å². The number of imide groups is 1. The Balaban J connectivity index is 1.23. The second kappa shape index (κ2) is 11.7. The molecule has 0 radical (unpaired) electrons. The monoisotopic (exact) mass is 631 g/mol. The number of anilines is 1. The van der Waals surface area contributed by atoms with Crippen LogP contribution in [-0.4, -0.2) is 29.3 Å². The molecule has 1 heterocycles.